The van der Waals surface area contributed by atoms with Crippen molar-refractivity contribution in [2.45, 2.75) is 25.8 Å². The molecule has 0 bridgehead atoms. The Balaban J connectivity index is 1.88. The normalized spacial score (nSPS) is 12.7. The van der Waals surface area contributed by atoms with E-state index in [0.717, 1.165) is 41.0 Å². The zero-order valence-corrected chi connectivity index (χ0v) is 13.2. The highest BCUT2D eigenvalue weighted by Crippen LogP contribution is 2.31. The van der Waals surface area contributed by atoms with Gasteiger partial charge >= 0.3 is 0 Å². The molecule has 0 aliphatic heterocycles. The number of rotatable bonds is 9. The van der Waals surface area contributed by atoms with Crippen LogP contribution in [-0.4, -0.2) is 19.8 Å². The van der Waals surface area contributed by atoms with Crippen molar-refractivity contribution in [1.82, 2.24) is 5.32 Å². The van der Waals surface area contributed by atoms with E-state index in [-0.39, 0.29) is 6.04 Å². The van der Waals surface area contributed by atoms with E-state index in [1.807, 2.05) is 24.3 Å². The third-order valence-electron chi connectivity index (χ3n) is 2.94. The van der Waals surface area contributed by atoms with Crippen LogP contribution >= 0.6 is 22.9 Å². The second kappa shape index (κ2) is 8.47. The summed E-state index contributed by atoms with van der Waals surface area (Å²) in [5, 5.41) is 3.46. The average molecular weight is 314 g/mol. The van der Waals surface area contributed by atoms with E-state index in [1.54, 1.807) is 17.6 Å². The predicted octanol–water partition coefficient (Wildman–Crippen LogP) is 4.49. The first kappa shape index (κ1) is 15.6. The minimum Gasteiger partial charge on any atom is -0.467 e. The number of nitrogens with one attached hydrogen (secondary N) is 1. The van der Waals surface area contributed by atoms with Crippen LogP contribution in [0.1, 0.15) is 36.4 Å². The molecule has 0 radical (unpaired) electrons. The van der Waals surface area contributed by atoms with Crippen molar-refractivity contribution in [3.8, 4) is 0 Å². The number of unbranched alkanes of at least 4 members (excludes halogenated alkanes) is 1. The van der Waals surface area contributed by atoms with Crippen LogP contribution in [0.5, 0.6) is 0 Å². The van der Waals surface area contributed by atoms with Gasteiger partial charge in [0.05, 0.1) is 17.2 Å². The molecule has 20 heavy (non-hydrogen) atoms. The van der Waals surface area contributed by atoms with E-state index in [9.17, 15) is 0 Å². The highest BCUT2D eigenvalue weighted by Gasteiger charge is 2.18. The fourth-order valence-electron chi connectivity index (χ4n) is 1.90. The molecule has 2 rings (SSSR count). The number of thiophene rings is 1. The first-order chi connectivity index (χ1) is 9.81. The number of ether oxygens (including phenoxy) is 1. The highest BCUT2D eigenvalue weighted by atomic mass is 35.5. The molecule has 110 valence electrons. The Hall–Kier alpha value is -0.810. The van der Waals surface area contributed by atoms with E-state index < -0.39 is 0 Å². The van der Waals surface area contributed by atoms with Crippen LogP contribution in [-0.2, 0) is 4.74 Å². The van der Waals surface area contributed by atoms with Gasteiger partial charge in [-0.2, -0.15) is 0 Å². The molecule has 0 aliphatic rings. The molecule has 2 heterocycles. The monoisotopic (exact) mass is 313 g/mol. The minimum absolute atomic E-state index is 0.0391. The predicted molar refractivity (Wildman–Crippen MR) is 83.6 cm³/mol. The molecule has 0 saturated heterocycles. The lowest BCUT2D eigenvalue weighted by Crippen LogP contribution is -2.25. The quantitative estimate of drug-likeness (QED) is 0.693. The maximum Gasteiger partial charge on any atom is 0.126 e. The second-order valence-electron chi connectivity index (χ2n) is 4.51. The number of hydrogen-bond acceptors (Lipinski definition) is 4. The van der Waals surface area contributed by atoms with E-state index in [1.165, 1.54) is 0 Å². The van der Waals surface area contributed by atoms with Gasteiger partial charge in [0.1, 0.15) is 11.8 Å². The summed E-state index contributed by atoms with van der Waals surface area (Å²) >= 11 is 7.59. The second-order valence-corrected chi connectivity index (χ2v) is 6.26. The SMILES string of the molecule is CCCCOCCNC(c1ccco1)c1ccc(Cl)s1. The Bertz CT molecular complexity index is 484. The standard InChI is InChI=1S/C15H20ClNO2S/c1-2-3-9-18-11-8-17-15(12-5-4-10-19-12)13-6-7-14(16)20-13/h4-7,10,15,17H,2-3,8-9,11H2,1H3. The van der Waals surface area contributed by atoms with E-state index >= 15 is 0 Å². The summed E-state index contributed by atoms with van der Waals surface area (Å²) < 4.78 is 11.9. The molecule has 1 atom stereocenters. The van der Waals surface area contributed by atoms with E-state index in [0.29, 0.717) is 6.61 Å². The third-order valence-corrected chi connectivity index (χ3v) is 4.24. The molecule has 2 aromatic heterocycles. The first-order valence-electron chi connectivity index (χ1n) is 6.91. The zero-order chi connectivity index (χ0) is 14.2. The lowest BCUT2D eigenvalue weighted by molar-refractivity contribution is 0.131. The lowest BCUT2D eigenvalue weighted by Gasteiger charge is -2.15. The number of hydrogen-bond donors (Lipinski definition) is 1. The molecule has 0 aromatic carbocycles. The number of furan rings is 1. The van der Waals surface area contributed by atoms with Crippen LogP contribution in [0.25, 0.3) is 0 Å². The van der Waals surface area contributed by atoms with Crippen LogP contribution in [0.4, 0.5) is 0 Å². The van der Waals surface area contributed by atoms with Crippen molar-refractivity contribution in [3.05, 3.63) is 45.5 Å². The lowest BCUT2D eigenvalue weighted by atomic mass is 10.2. The summed E-state index contributed by atoms with van der Waals surface area (Å²) in [6, 6.07) is 7.86. The van der Waals surface area contributed by atoms with E-state index in [4.69, 9.17) is 20.8 Å². The fraction of sp³-hybridized carbons (Fsp3) is 0.467. The summed E-state index contributed by atoms with van der Waals surface area (Å²) in [6.07, 6.45) is 3.97. The summed E-state index contributed by atoms with van der Waals surface area (Å²) in [6.45, 7) is 4.48. The first-order valence-corrected chi connectivity index (χ1v) is 8.10. The third kappa shape index (κ3) is 4.63. The van der Waals surface area contributed by atoms with Gasteiger partial charge in [-0.15, -0.1) is 11.3 Å². The van der Waals surface area contributed by atoms with Crippen LogP contribution in [0.2, 0.25) is 4.34 Å². The van der Waals surface area contributed by atoms with Crippen LogP contribution in [0, 0.1) is 0 Å². The molecular weight excluding hydrogens is 294 g/mol. The molecule has 0 aliphatic carbocycles. The molecular formula is C15H20ClNO2S. The largest absolute Gasteiger partial charge is 0.467 e. The van der Waals surface area contributed by atoms with Crippen LogP contribution in [0.15, 0.2) is 34.9 Å². The molecule has 2 aromatic rings. The van der Waals surface area contributed by atoms with Gasteiger partial charge in [-0.1, -0.05) is 24.9 Å². The topological polar surface area (TPSA) is 34.4 Å². The van der Waals surface area contributed by atoms with E-state index in [2.05, 4.69) is 12.2 Å². The molecule has 1 N–H and O–H groups in total. The van der Waals surface area contributed by atoms with Crippen molar-refractivity contribution in [2.75, 3.05) is 19.8 Å². The molecule has 0 amide bonds. The van der Waals surface area contributed by atoms with Crippen molar-refractivity contribution in [3.63, 3.8) is 0 Å². The summed E-state index contributed by atoms with van der Waals surface area (Å²) in [5.74, 6) is 0.900. The maximum atomic E-state index is 6.02. The van der Waals surface area contributed by atoms with Gasteiger partial charge in [0.2, 0.25) is 0 Å². The Kier molecular flexibility index (Phi) is 6.60. The summed E-state index contributed by atoms with van der Waals surface area (Å²) in [5.41, 5.74) is 0. The summed E-state index contributed by atoms with van der Waals surface area (Å²) in [4.78, 5) is 1.15. The van der Waals surface area contributed by atoms with Crippen molar-refractivity contribution < 1.29 is 9.15 Å². The highest BCUT2D eigenvalue weighted by molar-refractivity contribution is 7.16. The molecule has 3 nitrogen and oxygen atoms in total. The Morgan fingerprint density at radius 1 is 1.35 bits per heavy atom. The smallest absolute Gasteiger partial charge is 0.126 e. The van der Waals surface area contributed by atoms with Crippen molar-refractivity contribution in [2.24, 2.45) is 0 Å². The Morgan fingerprint density at radius 3 is 2.90 bits per heavy atom. The summed E-state index contributed by atoms with van der Waals surface area (Å²) in [7, 11) is 0. The van der Waals surface area contributed by atoms with Gasteiger partial charge in [-0.25, -0.2) is 0 Å². The van der Waals surface area contributed by atoms with Crippen LogP contribution in [0.3, 0.4) is 0 Å². The van der Waals surface area contributed by atoms with Gasteiger partial charge in [0.15, 0.2) is 0 Å². The molecule has 5 heteroatoms. The molecule has 0 saturated carbocycles. The van der Waals surface area contributed by atoms with Gasteiger partial charge < -0.3 is 14.5 Å². The zero-order valence-electron chi connectivity index (χ0n) is 11.6. The van der Waals surface area contributed by atoms with Crippen molar-refractivity contribution in [1.29, 1.82) is 0 Å². The van der Waals surface area contributed by atoms with Gasteiger partial charge in [-0.05, 0) is 30.7 Å². The van der Waals surface area contributed by atoms with Crippen LogP contribution < -0.4 is 5.32 Å². The van der Waals surface area contributed by atoms with Crippen molar-refractivity contribution >= 4 is 22.9 Å². The fourth-order valence-corrected chi connectivity index (χ4v) is 3.05. The average Bonchev–Trinajstić information content (AvgIpc) is 3.10. The Morgan fingerprint density at radius 2 is 2.25 bits per heavy atom. The molecule has 1 unspecified atom stereocenters. The van der Waals surface area contributed by atoms with Gasteiger partial charge in [0, 0.05) is 18.0 Å². The Labute approximate surface area is 128 Å². The molecule has 0 fully saturated rings. The minimum atomic E-state index is 0.0391. The maximum absolute atomic E-state index is 6.02. The van der Waals surface area contributed by atoms with Gasteiger partial charge in [0.25, 0.3) is 0 Å². The van der Waals surface area contributed by atoms with Gasteiger partial charge in [-0.3, -0.25) is 0 Å². The number of halogens is 1. The molecule has 0 spiro atoms.